The molecular formula is C13H14N4O3. The Morgan fingerprint density at radius 3 is 2.85 bits per heavy atom. The number of aromatic nitrogens is 3. The van der Waals surface area contributed by atoms with Gasteiger partial charge in [-0.15, -0.1) is 5.10 Å². The van der Waals surface area contributed by atoms with E-state index in [1.807, 2.05) is 0 Å². The number of aryl methyl sites for hydroxylation is 1. The van der Waals surface area contributed by atoms with Gasteiger partial charge in [-0.3, -0.25) is 9.89 Å². The quantitative estimate of drug-likeness (QED) is 0.824. The van der Waals surface area contributed by atoms with E-state index < -0.39 is 11.9 Å². The van der Waals surface area contributed by atoms with E-state index in [2.05, 4.69) is 20.5 Å². The van der Waals surface area contributed by atoms with Crippen LogP contribution in [0.15, 0.2) is 24.3 Å². The van der Waals surface area contributed by atoms with Gasteiger partial charge in [0.25, 0.3) is 5.91 Å². The second-order valence-corrected chi connectivity index (χ2v) is 4.00. The van der Waals surface area contributed by atoms with Crippen LogP contribution in [-0.2, 0) is 4.74 Å². The van der Waals surface area contributed by atoms with Crippen LogP contribution in [0.1, 0.15) is 33.7 Å². The smallest absolute Gasteiger partial charge is 0.338 e. The molecule has 20 heavy (non-hydrogen) atoms. The largest absolute Gasteiger partial charge is 0.462 e. The highest BCUT2D eigenvalue weighted by Crippen LogP contribution is 2.12. The minimum Gasteiger partial charge on any atom is -0.462 e. The fraction of sp³-hybridized carbons (Fsp3) is 0.231. The summed E-state index contributed by atoms with van der Waals surface area (Å²) in [7, 11) is 0. The first kappa shape index (κ1) is 13.7. The van der Waals surface area contributed by atoms with Crippen LogP contribution in [0, 0.1) is 6.92 Å². The minimum atomic E-state index is -0.449. The number of esters is 1. The van der Waals surface area contributed by atoms with E-state index in [9.17, 15) is 9.59 Å². The Morgan fingerprint density at radius 1 is 1.40 bits per heavy atom. The highest BCUT2D eigenvalue weighted by atomic mass is 16.5. The van der Waals surface area contributed by atoms with E-state index in [0.29, 0.717) is 23.7 Å². The molecule has 7 heteroatoms. The van der Waals surface area contributed by atoms with Crippen LogP contribution in [0.3, 0.4) is 0 Å². The molecule has 0 radical (unpaired) electrons. The summed E-state index contributed by atoms with van der Waals surface area (Å²) >= 11 is 0. The van der Waals surface area contributed by atoms with E-state index in [1.54, 1.807) is 32.0 Å². The lowest BCUT2D eigenvalue weighted by Crippen LogP contribution is -2.14. The van der Waals surface area contributed by atoms with Crippen LogP contribution >= 0.6 is 0 Å². The van der Waals surface area contributed by atoms with Crippen molar-refractivity contribution in [2.24, 2.45) is 0 Å². The Labute approximate surface area is 115 Å². The number of carbonyl (C=O) groups excluding carboxylic acids is 2. The molecule has 2 aromatic rings. The van der Waals surface area contributed by atoms with Gasteiger partial charge in [-0.05, 0) is 32.0 Å². The van der Waals surface area contributed by atoms with Crippen molar-refractivity contribution in [3.63, 3.8) is 0 Å². The van der Waals surface area contributed by atoms with Gasteiger partial charge in [0.05, 0.1) is 12.2 Å². The number of aromatic amines is 1. The molecule has 7 nitrogen and oxygen atoms in total. The normalized spacial score (nSPS) is 10.1. The van der Waals surface area contributed by atoms with Crippen LogP contribution in [0.2, 0.25) is 0 Å². The lowest BCUT2D eigenvalue weighted by atomic mass is 10.2. The first-order chi connectivity index (χ1) is 9.60. The number of amides is 1. The summed E-state index contributed by atoms with van der Waals surface area (Å²) in [6.45, 7) is 3.73. The van der Waals surface area contributed by atoms with Crippen molar-refractivity contribution < 1.29 is 14.3 Å². The van der Waals surface area contributed by atoms with Crippen LogP contribution in [-0.4, -0.2) is 33.7 Å². The first-order valence-electron chi connectivity index (χ1n) is 6.07. The second-order valence-electron chi connectivity index (χ2n) is 4.00. The van der Waals surface area contributed by atoms with Gasteiger partial charge in [0.2, 0.25) is 5.82 Å². The molecule has 2 N–H and O–H groups in total. The highest BCUT2D eigenvalue weighted by molar-refractivity contribution is 6.02. The second kappa shape index (κ2) is 5.96. The van der Waals surface area contributed by atoms with Crippen molar-refractivity contribution in [1.29, 1.82) is 0 Å². The number of anilines is 1. The molecule has 2 rings (SSSR count). The monoisotopic (exact) mass is 274 g/mol. The Bertz CT molecular complexity index is 636. The molecule has 1 aromatic heterocycles. The third kappa shape index (κ3) is 3.19. The zero-order valence-corrected chi connectivity index (χ0v) is 11.1. The molecule has 0 aliphatic carbocycles. The SMILES string of the molecule is CCOC(=O)c1cccc(NC(=O)c2n[nH]c(C)n2)c1. The number of nitrogens with one attached hydrogen (secondary N) is 2. The molecule has 0 saturated heterocycles. The van der Waals surface area contributed by atoms with E-state index >= 15 is 0 Å². The number of hydrogen-bond acceptors (Lipinski definition) is 5. The Morgan fingerprint density at radius 2 is 2.20 bits per heavy atom. The molecule has 0 unspecified atom stereocenters. The molecule has 0 aliphatic heterocycles. The van der Waals surface area contributed by atoms with Crippen molar-refractivity contribution in [1.82, 2.24) is 15.2 Å². The number of hydrogen-bond donors (Lipinski definition) is 2. The fourth-order valence-electron chi connectivity index (χ4n) is 1.57. The number of ether oxygens (including phenoxy) is 1. The summed E-state index contributed by atoms with van der Waals surface area (Å²) in [5, 5.41) is 8.96. The lowest BCUT2D eigenvalue weighted by molar-refractivity contribution is 0.0526. The molecule has 0 aliphatic rings. The van der Waals surface area contributed by atoms with Gasteiger partial charge in [0.15, 0.2) is 0 Å². The molecule has 104 valence electrons. The number of rotatable bonds is 4. The van der Waals surface area contributed by atoms with Crippen LogP contribution in [0.25, 0.3) is 0 Å². The third-order valence-electron chi connectivity index (χ3n) is 2.43. The number of nitrogens with zero attached hydrogens (tertiary/aromatic N) is 2. The predicted octanol–water partition coefficient (Wildman–Crippen LogP) is 1.54. The molecule has 1 aromatic carbocycles. The van der Waals surface area contributed by atoms with Gasteiger partial charge in [-0.25, -0.2) is 9.78 Å². The van der Waals surface area contributed by atoms with E-state index in [0.717, 1.165) is 0 Å². The summed E-state index contributed by atoms with van der Waals surface area (Å²) < 4.78 is 4.89. The average Bonchev–Trinajstić information content (AvgIpc) is 2.86. The summed E-state index contributed by atoms with van der Waals surface area (Å²) in [6.07, 6.45) is 0. The number of H-pyrrole nitrogens is 1. The van der Waals surface area contributed by atoms with Crippen molar-refractivity contribution in [2.75, 3.05) is 11.9 Å². The summed E-state index contributed by atoms with van der Waals surface area (Å²) in [5.74, 6) is -0.285. The Kier molecular flexibility index (Phi) is 4.09. The van der Waals surface area contributed by atoms with Crippen molar-refractivity contribution >= 4 is 17.6 Å². The summed E-state index contributed by atoms with van der Waals surface area (Å²) in [5.41, 5.74) is 0.846. The van der Waals surface area contributed by atoms with Gasteiger partial charge in [0.1, 0.15) is 5.82 Å². The molecule has 1 heterocycles. The molecule has 1 amide bonds. The average molecular weight is 274 g/mol. The number of benzene rings is 1. The maximum absolute atomic E-state index is 11.9. The number of carbonyl (C=O) groups is 2. The molecule has 0 atom stereocenters. The maximum Gasteiger partial charge on any atom is 0.338 e. The molecule has 0 spiro atoms. The molecular weight excluding hydrogens is 260 g/mol. The zero-order valence-electron chi connectivity index (χ0n) is 11.1. The fourth-order valence-corrected chi connectivity index (χ4v) is 1.57. The van der Waals surface area contributed by atoms with Gasteiger partial charge < -0.3 is 10.1 Å². The maximum atomic E-state index is 11.9. The van der Waals surface area contributed by atoms with E-state index in [-0.39, 0.29) is 5.82 Å². The van der Waals surface area contributed by atoms with E-state index in [1.165, 1.54) is 6.07 Å². The van der Waals surface area contributed by atoms with Crippen molar-refractivity contribution in [3.8, 4) is 0 Å². The Balaban J connectivity index is 2.12. The van der Waals surface area contributed by atoms with Gasteiger partial charge in [-0.1, -0.05) is 6.07 Å². The topological polar surface area (TPSA) is 97.0 Å². The highest BCUT2D eigenvalue weighted by Gasteiger charge is 2.13. The van der Waals surface area contributed by atoms with Crippen LogP contribution in [0.4, 0.5) is 5.69 Å². The van der Waals surface area contributed by atoms with Gasteiger partial charge in [0, 0.05) is 5.69 Å². The summed E-state index contributed by atoms with van der Waals surface area (Å²) in [4.78, 5) is 27.4. The first-order valence-corrected chi connectivity index (χ1v) is 6.07. The van der Waals surface area contributed by atoms with Gasteiger partial charge in [-0.2, -0.15) is 0 Å². The zero-order chi connectivity index (χ0) is 14.5. The van der Waals surface area contributed by atoms with Crippen molar-refractivity contribution in [3.05, 3.63) is 41.5 Å². The Hall–Kier alpha value is -2.70. The standard InChI is InChI=1S/C13H14N4O3/c1-3-20-13(19)9-5-4-6-10(7-9)15-12(18)11-14-8(2)16-17-11/h4-7H,3H2,1-2H3,(H,15,18)(H,14,16,17). The predicted molar refractivity (Wildman–Crippen MR) is 71.5 cm³/mol. The summed E-state index contributed by atoms with van der Waals surface area (Å²) in [6, 6.07) is 6.48. The molecule has 0 saturated carbocycles. The van der Waals surface area contributed by atoms with Gasteiger partial charge >= 0.3 is 5.97 Å². The minimum absolute atomic E-state index is 0.0454. The van der Waals surface area contributed by atoms with Crippen LogP contribution in [0.5, 0.6) is 0 Å². The molecule has 0 bridgehead atoms. The lowest BCUT2D eigenvalue weighted by Gasteiger charge is -2.05. The van der Waals surface area contributed by atoms with Crippen LogP contribution < -0.4 is 5.32 Å². The molecule has 0 fully saturated rings. The van der Waals surface area contributed by atoms with Crippen molar-refractivity contribution in [2.45, 2.75) is 13.8 Å². The third-order valence-corrected chi connectivity index (χ3v) is 2.43. The van der Waals surface area contributed by atoms with E-state index in [4.69, 9.17) is 4.74 Å².